The largest absolute Gasteiger partial charge is 0.361 e. The van der Waals surface area contributed by atoms with Gasteiger partial charge in [-0.3, -0.25) is 4.79 Å². The third-order valence-corrected chi connectivity index (χ3v) is 3.54. The van der Waals surface area contributed by atoms with Crippen LogP contribution in [-0.2, 0) is 11.2 Å². The number of nitrogens with zero attached hydrogens (tertiary/aromatic N) is 5. The molecular weight excluding hydrogens is 246 g/mol. The Kier molecular flexibility index (Phi) is 2.81. The highest BCUT2D eigenvalue weighted by Gasteiger charge is 2.32. The molecule has 0 bridgehead atoms. The highest BCUT2D eigenvalue weighted by Crippen LogP contribution is 2.22. The standard InChI is InChI=1S/C12H15N5O2/c1-8-11(9(2)19-14-8)5-12(18)16-6-10(7-16)17-4-3-13-15-17/h3-4,10H,5-7H2,1-2H3. The molecule has 0 saturated carbocycles. The summed E-state index contributed by atoms with van der Waals surface area (Å²) in [5.41, 5.74) is 1.69. The summed E-state index contributed by atoms with van der Waals surface area (Å²) in [6.07, 6.45) is 3.82. The second-order valence-corrected chi connectivity index (χ2v) is 4.82. The van der Waals surface area contributed by atoms with E-state index in [0.717, 1.165) is 17.0 Å². The molecule has 3 heterocycles. The van der Waals surface area contributed by atoms with Gasteiger partial charge in [0.25, 0.3) is 0 Å². The van der Waals surface area contributed by atoms with Gasteiger partial charge in [-0.15, -0.1) is 5.10 Å². The van der Waals surface area contributed by atoms with Gasteiger partial charge in [0.15, 0.2) is 0 Å². The molecule has 1 amide bonds. The molecule has 7 heteroatoms. The van der Waals surface area contributed by atoms with Crippen LogP contribution in [0.4, 0.5) is 0 Å². The molecule has 2 aromatic heterocycles. The van der Waals surface area contributed by atoms with Crippen molar-refractivity contribution in [1.82, 2.24) is 25.1 Å². The number of carbonyl (C=O) groups excluding carboxylic acids is 1. The van der Waals surface area contributed by atoms with Gasteiger partial charge in [-0.1, -0.05) is 10.4 Å². The number of amides is 1. The average molecular weight is 261 g/mol. The number of hydrogen-bond donors (Lipinski definition) is 0. The summed E-state index contributed by atoms with van der Waals surface area (Å²) >= 11 is 0. The Balaban J connectivity index is 1.59. The van der Waals surface area contributed by atoms with Crippen LogP contribution in [0.2, 0.25) is 0 Å². The molecule has 3 rings (SSSR count). The number of aryl methyl sites for hydroxylation is 2. The zero-order chi connectivity index (χ0) is 13.4. The quantitative estimate of drug-likeness (QED) is 0.804. The molecule has 7 nitrogen and oxygen atoms in total. The molecule has 1 aliphatic heterocycles. The van der Waals surface area contributed by atoms with Crippen LogP contribution in [0.1, 0.15) is 23.1 Å². The Labute approximate surface area is 110 Å². The molecule has 0 spiro atoms. The second kappa shape index (κ2) is 4.49. The Morgan fingerprint density at radius 1 is 1.47 bits per heavy atom. The van der Waals surface area contributed by atoms with Crippen molar-refractivity contribution in [2.24, 2.45) is 0 Å². The van der Waals surface area contributed by atoms with Crippen molar-refractivity contribution in [2.45, 2.75) is 26.3 Å². The molecule has 19 heavy (non-hydrogen) atoms. The monoisotopic (exact) mass is 261 g/mol. The van der Waals surface area contributed by atoms with Gasteiger partial charge in [-0.25, -0.2) is 4.68 Å². The fraction of sp³-hybridized carbons (Fsp3) is 0.500. The van der Waals surface area contributed by atoms with Gasteiger partial charge in [0.05, 0.1) is 24.4 Å². The number of carbonyl (C=O) groups is 1. The predicted octanol–water partition coefficient (Wildman–Crippen LogP) is 0.509. The van der Waals surface area contributed by atoms with Crippen LogP contribution in [0.5, 0.6) is 0 Å². The Morgan fingerprint density at radius 2 is 2.26 bits per heavy atom. The molecule has 0 unspecified atom stereocenters. The summed E-state index contributed by atoms with van der Waals surface area (Å²) in [6, 6.07) is 0.246. The number of rotatable bonds is 3. The Bertz CT molecular complexity index is 564. The molecule has 0 aromatic carbocycles. The number of hydrogen-bond acceptors (Lipinski definition) is 5. The zero-order valence-electron chi connectivity index (χ0n) is 10.9. The van der Waals surface area contributed by atoms with Gasteiger partial charge >= 0.3 is 0 Å². The molecule has 100 valence electrons. The molecule has 0 radical (unpaired) electrons. The van der Waals surface area contributed by atoms with Crippen molar-refractivity contribution >= 4 is 5.91 Å². The third-order valence-electron chi connectivity index (χ3n) is 3.54. The van der Waals surface area contributed by atoms with Crippen molar-refractivity contribution < 1.29 is 9.32 Å². The zero-order valence-corrected chi connectivity index (χ0v) is 10.9. The van der Waals surface area contributed by atoms with Gasteiger partial charge in [0.2, 0.25) is 5.91 Å². The lowest BCUT2D eigenvalue weighted by Crippen LogP contribution is -2.51. The van der Waals surface area contributed by atoms with Crippen LogP contribution >= 0.6 is 0 Å². The molecule has 1 fully saturated rings. The van der Waals surface area contributed by atoms with Gasteiger partial charge in [0, 0.05) is 24.8 Å². The summed E-state index contributed by atoms with van der Waals surface area (Å²) in [4.78, 5) is 13.9. The minimum absolute atomic E-state index is 0.103. The fourth-order valence-electron chi connectivity index (χ4n) is 2.26. The first-order chi connectivity index (χ1) is 9.15. The highest BCUT2D eigenvalue weighted by molar-refractivity contribution is 5.80. The van der Waals surface area contributed by atoms with Crippen LogP contribution in [-0.4, -0.2) is 44.0 Å². The average Bonchev–Trinajstić information content (AvgIpc) is 2.93. The maximum atomic E-state index is 12.1. The van der Waals surface area contributed by atoms with E-state index in [1.165, 1.54) is 0 Å². The van der Waals surface area contributed by atoms with E-state index in [0.29, 0.717) is 19.5 Å². The van der Waals surface area contributed by atoms with Crippen LogP contribution in [0, 0.1) is 13.8 Å². The van der Waals surface area contributed by atoms with Crippen molar-refractivity contribution in [2.75, 3.05) is 13.1 Å². The predicted molar refractivity (Wildman–Crippen MR) is 65.3 cm³/mol. The van der Waals surface area contributed by atoms with E-state index in [2.05, 4.69) is 15.5 Å². The third kappa shape index (κ3) is 2.11. The summed E-state index contributed by atoms with van der Waals surface area (Å²) in [6.45, 7) is 5.06. The van der Waals surface area contributed by atoms with E-state index in [-0.39, 0.29) is 11.9 Å². The fourth-order valence-corrected chi connectivity index (χ4v) is 2.26. The lowest BCUT2D eigenvalue weighted by Gasteiger charge is -2.38. The van der Waals surface area contributed by atoms with E-state index in [4.69, 9.17) is 4.52 Å². The minimum Gasteiger partial charge on any atom is -0.361 e. The van der Waals surface area contributed by atoms with E-state index in [1.54, 1.807) is 10.9 Å². The molecule has 1 aliphatic rings. The van der Waals surface area contributed by atoms with E-state index < -0.39 is 0 Å². The first-order valence-electron chi connectivity index (χ1n) is 6.20. The smallest absolute Gasteiger partial charge is 0.227 e. The molecule has 0 N–H and O–H groups in total. The summed E-state index contributed by atoms with van der Waals surface area (Å²) < 4.78 is 6.86. The van der Waals surface area contributed by atoms with Gasteiger partial charge in [-0.05, 0) is 13.8 Å². The first-order valence-corrected chi connectivity index (χ1v) is 6.20. The first kappa shape index (κ1) is 11.9. The van der Waals surface area contributed by atoms with Crippen molar-refractivity contribution in [3.63, 3.8) is 0 Å². The topological polar surface area (TPSA) is 77.0 Å². The van der Waals surface area contributed by atoms with Crippen LogP contribution in [0.3, 0.4) is 0 Å². The Hall–Kier alpha value is -2.18. The molecule has 0 atom stereocenters. The maximum absolute atomic E-state index is 12.1. The van der Waals surface area contributed by atoms with Crippen LogP contribution < -0.4 is 0 Å². The van der Waals surface area contributed by atoms with Crippen molar-refractivity contribution in [3.8, 4) is 0 Å². The SMILES string of the molecule is Cc1noc(C)c1CC(=O)N1CC(n2ccnn2)C1. The molecule has 0 aliphatic carbocycles. The summed E-state index contributed by atoms with van der Waals surface area (Å²) in [5, 5.41) is 11.6. The van der Waals surface area contributed by atoms with E-state index >= 15 is 0 Å². The van der Waals surface area contributed by atoms with Gasteiger partial charge in [-0.2, -0.15) is 0 Å². The normalized spacial score (nSPS) is 15.6. The summed E-state index contributed by atoms with van der Waals surface area (Å²) in [5.74, 6) is 0.824. The Morgan fingerprint density at radius 3 is 2.84 bits per heavy atom. The van der Waals surface area contributed by atoms with Crippen molar-refractivity contribution in [1.29, 1.82) is 0 Å². The highest BCUT2D eigenvalue weighted by atomic mass is 16.5. The van der Waals surface area contributed by atoms with Crippen molar-refractivity contribution in [3.05, 3.63) is 29.4 Å². The maximum Gasteiger partial charge on any atom is 0.227 e. The van der Waals surface area contributed by atoms with Crippen LogP contribution in [0.25, 0.3) is 0 Å². The van der Waals surface area contributed by atoms with Crippen LogP contribution in [0.15, 0.2) is 16.9 Å². The lowest BCUT2D eigenvalue weighted by atomic mass is 10.1. The van der Waals surface area contributed by atoms with E-state index in [9.17, 15) is 4.79 Å². The number of aromatic nitrogens is 4. The van der Waals surface area contributed by atoms with Gasteiger partial charge in [0.1, 0.15) is 5.76 Å². The molecule has 1 saturated heterocycles. The molecular formula is C12H15N5O2. The summed E-state index contributed by atoms with van der Waals surface area (Å²) in [7, 11) is 0. The lowest BCUT2D eigenvalue weighted by molar-refractivity contribution is -0.136. The molecule has 2 aromatic rings. The van der Waals surface area contributed by atoms with Gasteiger partial charge < -0.3 is 9.42 Å². The van der Waals surface area contributed by atoms with E-state index in [1.807, 2.05) is 24.9 Å². The number of likely N-dealkylation sites (tertiary alicyclic amines) is 1. The second-order valence-electron chi connectivity index (χ2n) is 4.82. The minimum atomic E-state index is 0.103.